The van der Waals surface area contributed by atoms with Crippen LogP contribution in [0.5, 0.6) is 11.6 Å². The van der Waals surface area contributed by atoms with Crippen molar-refractivity contribution in [2.24, 2.45) is 5.73 Å². The van der Waals surface area contributed by atoms with Crippen molar-refractivity contribution in [3.63, 3.8) is 0 Å². The van der Waals surface area contributed by atoms with Crippen LogP contribution in [0.2, 0.25) is 0 Å². The molecule has 0 radical (unpaired) electrons. The Morgan fingerprint density at radius 2 is 1.74 bits per heavy atom. The molecule has 0 spiro atoms. The Hall–Kier alpha value is -4.70. The zero-order valence-electron chi connectivity index (χ0n) is 24.1. The van der Waals surface area contributed by atoms with Gasteiger partial charge in [0.2, 0.25) is 11.8 Å². The van der Waals surface area contributed by atoms with E-state index in [1.165, 1.54) is 0 Å². The van der Waals surface area contributed by atoms with Crippen LogP contribution >= 0.6 is 0 Å². The number of esters is 1. The lowest BCUT2D eigenvalue weighted by molar-refractivity contribution is -0.149. The maximum absolute atomic E-state index is 12.5. The first-order valence-electron chi connectivity index (χ1n) is 13.7. The average molecular weight is 574 g/mol. The number of hydrogen-bond donors (Lipinski definition) is 2. The molecule has 220 valence electrons. The molecule has 0 fully saturated rings. The predicted octanol–water partition coefficient (Wildman–Crippen LogP) is 5.31. The molecule has 2 aromatic heterocycles. The topological polar surface area (TPSA) is 147 Å². The summed E-state index contributed by atoms with van der Waals surface area (Å²) in [5.74, 6) is 0.722. The van der Waals surface area contributed by atoms with Gasteiger partial charge >= 0.3 is 11.9 Å². The first kappa shape index (κ1) is 30.3. The summed E-state index contributed by atoms with van der Waals surface area (Å²) in [6, 6.07) is 17.5. The molecule has 0 bridgehead atoms. The molecule has 0 saturated heterocycles. The Morgan fingerprint density at radius 3 is 2.43 bits per heavy atom. The third-order valence-electron chi connectivity index (χ3n) is 6.53. The minimum Gasteiger partial charge on any atom is -0.493 e. The van der Waals surface area contributed by atoms with Crippen molar-refractivity contribution < 1.29 is 33.3 Å². The Morgan fingerprint density at radius 1 is 1.00 bits per heavy atom. The summed E-state index contributed by atoms with van der Waals surface area (Å²) in [6.45, 7) is 5.63. The predicted molar refractivity (Wildman–Crippen MR) is 156 cm³/mol. The van der Waals surface area contributed by atoms with Gasteiger partial charge in [-0.3, -0.25) is 4.79 Å². The van der Waals surface area contributed by atoms with E-state index in [-0.39, 0.29) is 18.9 Å². The molecule has 0 saturated carbocycles. The number of pyridine rings is 1. The van der Waals surface area contributed by atoms with Crippen LogP contribution in [0.15, 0.2) is 65.1 Å². The summed E-state index contributed by atoms with van der Waals surface area (Å²) >= 11 is 0. The number of aryl methyl sites for hydroxylation is 2. The second-order valence-electron chi connectivity index (χ2n) is 9.98. The highest BCUT2D eigenvalue weighted by Gasteiger charge is 2.23. The number of aromatic nitrogens is 2. The number of carbonyl (C=O) groups is 2. The van der Waals surface area contributed by atoms with E-state index < -0.39 is 18.0 Å². The minimum absolute atomic E-state index is 0.0897. The standard InChI is InChI=1S/C32H35N3O7/c1-19(2)41-32(38)30(33)25-18-24(14-12-21(25)13-15-29(36)37)40-17-16-26-20(3)42-31(35-26)23-10-8-22(9-11-23)27-6-5-7-28(34-27)39-4/h5-12,14,18-19,30H,13,15-17,33H2,1-4H3,(H,36,37). The number of rotatable bonds is 13. The summed E-state index contributed by atoms with van der Waals surface area (Å²) in [5, 5.41) is 9.12. The Balaban J connectivity index is 1.43. The number of oxazole rings is 1. The monoisotopic (exact) mass is 573 g/mol. The molecule has 2 heterocycles. The van der Waals surface area contributed by atoms with Crippen LogP contribution in [0.4, 0.5) is 0 Å². The molecule has 4 rings (SSSR count). The smallest absolute Gasteiger partial charge is 0.327 e. The number of carboxylic acids is 1. The van der Waals surface area contributed by atoms with Crippen molar-refractivity contribution in [2.75, 3.05) is 13.7 Å². The highest BCUT2D eigenvalue weighted by molar-refractivity contribution is 5.78. The average Bonchev–Trinajstić information content (AvgIpc) is 3.35. The fourth-order valence-corrected chi connectivity index (χ4v) is 4.38. The van der Waals surface area contributed by atoms with Crippen LogP contribution in [0, 0.1) is 6.92 Å². The zero-order chi connectivity index (χ0) is 30.2. The lowest BCUT2D eigenvalue weighted by atomic mass is 9.97. The van der Waals surface area contributed by atoms with Gasteiger partial charge in [0.05, 0.1) is 31.2 Å². The van der Waals surface area contributed by atoms with Crippen molar-refractivity contribution in [1.82, 2.24) is 9.97 Å². The molecule has 1 atom stereocenters. The van der Waals surface area contributed by atoms with E-state index >= 15 is 0 Å². The quantitative estimate of drug-likeness (QED) is 0.202. The van der Waals surface area contributed by atoms with Crippen molar-refractivity contribution in [3.8, 4) is 34.3 Å². The summed E-state index contributed by atoms with van der Waals surface area (Å²) < 4.78 is 22.4. The first-order chi connectivity index (χ1) is 20.1. The number of carboxylic acid groups (broad SMARTS) is 1. The summed E-state index contributed by atoms with van der Waals surface area (Å²) in [6.07, 6.45) is 0.293. The van der Waals surface area contributed by atoms with E-state index in [2.05, 4.69) is 9.97 Å². The van der Waals surface area contributed by atoms with Crippen LogP contribution in [-0.4, -0.2) is 46.8 Å². The second-order valence-corrected chi connectivity index (χ2v) is 9.98. The van der Waals surface area contributed by atoms with Crippen LogP contribution in [0.1, 0.15) is 48.9 Å². The fraction of sp³-hybridized carbons (Fsp3) is 0.312. The van der Waals surface area contributed by atoms with Crippen molar-refractivity contribution in [2.45, 2.75) is 52.2 Å². The third kappa shape index (κ3) is 7.73. The van der Waals surface area contributed by atoms with Crippen molar-refractivity contribution in [3.05, 3.63) is 83.2 Å². The molecular weight excluding hydrogens is 538 g/mol. The number of nitrogens with zero attached hydrogens (tertiary/aromatic N) is 2. The Bertz CT molecular complexity index is 1530. The second kappa shape index (κ2) is 13.8. The van der Waals surface area contributed by atoms with Crippen LogP contribution in [0.25, 0.3) is 22.7 Å². The van der Waals surface area contributed by atoms with E-state index in [4.69, 9.17) is 29.5 Å². The van der Waals surface area contributed by atoms with Gasteiger partial charge in [-0.2, -0.15) is 0 Å². The van der Waals surface area contributed by atoms with E-state index in [0.717, 1.165) is 22.5 Å². The van der Waals surface area contributed by atoms with Crippen LogP contribution < -0.4 is 15.2 Å². The lowest BCUT2D eigenvalue weighted by Crippen LogP contribution is -2.27. The van der Waals surface area contributed by atoms with Crippen molar-refractivity contribution >= 4 is 11.9 Å². The maximum atomic E-state index is 12.5. The van der Waals surface area contributed by atoms with Gasteiger partial charge < -0.3 is 29.5 Å². The molecule has 0 amide bonds. The zero-order valence-corrected chi connectivity index (χ0v) is 24.1. The molecule has 10 heteroatoms. The largest absolute Gasteiger partial charge is 0.493 e. The maximum Gasteiger partial charge on any atom is 0.327 e. The Kier molecular flexibility index (Phi) is 9.93. The number of hydrogen-bond acceptors (Lipinski definition) is 9. The van der Waals surface area contributed by atoms with E-state index in [1.54, 1.807) is 45.2 Å². The molecule has 1 unspecified atom stereocenters. The molecule has 42 heavy (non-hydrogen) atoms. The number of ether oxygens (including phenoxy) is 3. The van der Waals surface area contributed by atoms with Crippen molar-refractivity contribution in [1.29, 1.82) is 0 Å². The molecule has 0 aliphatic rings. The fourth-order valence-electron chi connectivity index (χ4n) is 4.38. The molecule has 2 aromatic carbocycles. The molecular formula is C32H35N3O7. The number of benzene rings is 2. The SMILES string of the molecule is COc1cccc(-c2ccc(-c3nc(CCOc4ccc(CCC(=O)O)c(C(N)C(=O)OC(C)C)c4)c(C)o3)cc2)n1. The molecule has 3 N–H and O–H groups in total. The normalized spacial score (nSPS) is 11.8. The van der Waals surface area contributed by atoms with Gasteiger partial charge in [-0.25, -0.2) is 14.8 Å². The number of carbonyl (C=O) groups excluding carboxylic acids is 1. The van der Waals surface area contributed by atoms with E-state index in [1.807, 2.05) is 43.3 Å². The van der Waals surface area contributed by atoms with Gasteiger partial charge in [0, 0.05) is 30.0 Å². The summed E-state index contributed by atoms with van der Waals surface area (Å²) in [5.41, 5.74) is 10.7. The highest BCUT2D eigenvalue weighted by Crippen LogP contribution is 2.28. The van der Waals surface area contributed by atoms with Gasteiger partial charge in [0.1, 0.15) is 17.6 Å². The van der Waals surface area contributed by atoms with Gasteiger partial charge in [-0.05, 0) is 68.7 Å². The summed E-state index contributed by atoms with van der Waals surface area (Å²) in [4.78, 5) is 32.8. The van der Waals surface area contributed by atoms with Crippen LogP contribution in [0.3, 0.4) is 0 Å². The van der Waals surface area contributed by atoms with Crippen LogP contribution in [-0.2, 0) is 27.2 Å². The van der Waals surface area contributed by atoms with Gasteiger partial charge in [-0.1, -0.05) is 24.3 Å². The lowest BCUT2D eigenvalue weighted by Gasteiger charge is -2.18. The number of nitrogens with two attached hydrogens (primary N) is 1. The first-order valence-corrected chi connectivity index (χ1v) is 13.7. The molecule has 10 nitrogen and oxygen atoms in total. The molecule has 0 aliphatic carbocycles. The molecule has 4 aromatic rings. The Labute approximate surface area is 244 Å². The van der Waals surface area contributed by atoms with Gasteiger partial charge in [0.15, 0.2) is 0 Å². The van der Waals surface area contributed by atoms with Gasteiger partial charge in [0.25, 0.3) is 0 Å². The molecule has 0 aliphatic heterocycles. The highest BCUT2D eigenvalue weighted by atomic mass is 16.5. The van der Waals surface area contributed by atoms with Gasteiger partial charge in [-0.15, -0.1) is 0 Å². The van der Waals surface area contributed by atoms with E-state index in [0.29, 0.717) is 47.4 Å². The number of methoxy groups -OCH3 is 1. The number of aliphatic carboxylic acids is 1. The van der Waals surface area contributed by atoms with E-state index in [9.17, 15) is 9.59 Å². The third-order valence-corrected chi connectivity index (χ3v) is 6.53. The summed E-state index contributed by atoms with van der Waals surface area (Å²) in [7, 11) is 1.59. The minimum atomic E-state index is -1.06.